The lowest BCUT2D eigenvalue weighted by Crippen LogP contribution is -2.37. The van der Waals surface area contributed by atoms with E-state index in [9.17, 15) is 4.79 Å². The maximum atomic E-state index is 12.5. The predicted octanol–water partition coefficient (Wildman–Crippen LogP) is 16.8. The quantitative estimate of drug-likeness (QED) is 0.0468. The van der Waals surface area contributed by atoms with Gasteiger partial charge in [-0.05, 0) is 47.9 Å². The number of hydrogen-bond donors (Lipinski definition) is 0. The number of fused-ring (bicyclic) bond motifs is 10. The lowest BCUT2D eigenvalue weighted by Gasteiger charge is -2.33. The summed E-state index contributed by atoms with van der Waals surface area (Å²) in [4.78, 5) is 16.3. The van der Waals surface area contributed by atoms with Crippen LogP contribution in [0.25, 0.3) is 71.3 Å². The first-order valence-electron chi connectivity index (χ1n) is 20.6. The van der Waals surface area contributed by atoms with Gasteiger partial charge in [0.2, 0.25) is 0 Å². The maximum Gasteiger partial charge on any atom is 0.335 e. The standard InChI is InChI=1S/C54H38O3S6/c1-2-50(55)57-35-28-34-14-3-4-15-36(34)43(29-35)56-30-54(31-58-47-25-11-19-40-37-16-5-8-22-44(37)61-51(40)47,32-59-48-26-12-20-41-38-17-6-9-23-45(38)62-52(41)48)33-60-49-27-13-21-42-39-18-7-10-24-46(39)63-53(42)49/h2-29H,1,30-33H2. The average molecular weight is 927 g/mol. The van der Waals surface area contributed by atoms with Crippen molar-refractivity contribution in [2.75, 3.05) is 23.9 Å². The molecule has 3 heterocycles. The van der Waals surface area contributed by atoms with Crippen molar-refractivity contribution >= 4 is 147 Å². The SMILES string of the molecule is C=CC(=O)Oc1cc(OCC(CSc2cccc3c2sc2ccccc23)(CSc2cccc3c2sc2ccccc23)CSc2cccc3c2sc2ccccc23)c2ccccc2c1. The highest BCUT2D eigenvalue weighted by atomic mass is 32.2. The average Bonchev–Trinajstić information content (AvgIpc) is 4.03. The molecule has 0 bridgehead atoms. The first kappa shape index (κ1) is 40.5. The Hall–Kier alpha value is -5.26. The van der Waals surface area contributed by atoms with E-state index in [2.05, 4.69) is 140 Å². The zero-order valence-corrected chi connectivity index (χ0v) is 38.8. The van der Waals surface area contributed by atoms with E-state index in [0.717, 1.165) is 28.0 Å². The normalized spacial score (nSPS) is 12.1. The third kappa shape index (κ3) is 7.90. The molecule has 0 unspecified atom stereocenters. The second-order valence-electron chi connectivity index (χ2n) is 15.6. The van der Waals surface area contributed by atoms with Gasteiger partial charge < -0.3 is 9.47 Å². The molecular formula is C54H38O3S6. The molecule has 3 nitrogen and oxygen atoms in total. The van der Waals surface area contributed by atoms with Crippen LogP contribution in [0, 0.1) is 5.41 Å². The molecule has 0 fully saturated rings. The molecule has 0 saturated heterocycles. The fourth-order valence-corrected chi connectivity index (χ4v) is 16.4. The van der Waals surface area contributed by atoms with E-state index in [1.807, 2.05) is 99.6 Å². The van der Waals surface area contributed by atoms with Crippen LogP contribution in [-0.4, -0.2) is 29.8 Å². The summed E-state index contributed by atoms with van der Waals surface area (Å²) >= 11 is 11.5. The first-order valence-corrected chi connectivity index (χ1v) is 26.0. The molecule has 8 aromatic carbocycles. The predicted molar refractivity (Wildman–Crippen MR) is 278 cm³/mol. The number of rotatable bonds is 14. The fraction of sp³-hybridized carbons (Fsp3) is 0.0926. The van der Waals surface area contributed by atoms with Crippen molar-refractivity contribution in [3.8, 4) is 11.5 Å². The lowest BCUT2D eigenvalue weighted by atomic mass is 9.97. The molecule has 0 atom stereocenters. The van der Waals surface area contributed by atoms with Crippen LogP contribution in [0.3, 0.4) is 0 Å². The Morgan fingerprint density at radius 2 is 0.921 bits per heavy atom. The summed E-state index contributed by atoms with van der Waals surface area (Å²) < 4.78 is 20.8. The first-order chi connectivity index (χ1) is 31.0. The van der Waals surface area contributed by atoms with Gasteiger partial charge in [-0.1, -0.05) is 122 Å². The van der Waals surface area contributed by atoms with E-state index in [-0.39, 0.29) is 5.41 Å². The van der Waals surface area contributed by atoms with Crippen molar-refractivity contribution in [3.05, 3.63) is 176 Å². The molecule has 0 amide bonds. The van der Waals surface area contributed by atoms with Gasteiger partial charge in [-0.3, -0.25) is 0 Å². The number of thioether (sulfide) groups is 3. The van der Waals surface area contributed by atoms with Crippen LogP contribution >= 0.6 is 69.3 Å². The topological polar surface area (TPSA) is 35.5 Å². The Morgan fingerprint density at radius 1 is 0.508 bits per heavy atom. The molecule has 0 aliphatic carbocycles. The smallest absolute Gasteiger partial charge is 0.335 e. The zero-order chi connectivity index (χ0) is 42.3. The van der Waals surface area contributed by atoms with Crippen LogP contribution in [0.2, 0.25) is 0 Å². The molecule has 11 rings (SSSR count). The van der Waals surface area contributed by atoms with E-state index < -0.39 is 5.97 Å². The van der Waals surface area contributed by atoms with Crippen LogP contribution in [0.5, 0.6) is 11.5 Å². The molecule has 9 heteroatoms. The van der Waals surface area contributed by atoms with Gasteiger partial charge in [-0.2, -0.15) is 0 Å². The Labute approximate surface area is 389 Å². The highest BCUT2D eigenvalue weighted by Gasteiger charge is 2.34. The summed E-state index contributed by atoms with van der Waals surface area (Å²) in [5.41, 5.74) is -0.356. The van der Waals surface area contributed by atoms with Crippen LogP contribution in [0.4, 0.5) is 0 Å². The highest BCUT2D eigenvalue weighted by Crippen LogP contribution is 2.48. The van der Waals surface area contributed by atoms with E-state index >= 15 is 0 Å². The highest BCUT2D eigenvalue weighted by molar-refractivity contribution is 8.01. The van der Waals surface area contributed by atoms with Gasteiger partial charge in [-0.15, -0.1) is 69.3 Å². The molecule has 63 heavy (non-hydrogen) atoms. The van der Waals surface area contributed by atoms with Gasteiger partial charge in [0.25, 0.3) is 0 Å². The van der Waals surface area contributed by atoms with E-state index in [0.29, 0.717) is 18.1 Å². The molecule has 0 aliphatic rings. The fourth-order valence-electron chi connectivity index (χ4n) is 8.26. The maximum absolute atomic E-state index is 12.5. The van der Waals surface area contributed by atoms with Crippen molar-refractivity contribution in [2.24, 2.45) is 5.41 Å². The number of benzene rings is 8. The minimum Gasteiger partial charge on any atom is -0.492 e. The zero-order valence-electron chi connectivity index (χ0n) is 33.9. The van der Waals surface area contributed by atoms with E-state index in [1.165, 1.54) is 81.3 Å². The van der Waals surface area contributed by atoms with Gasteiger partial charge in [0.15, 0.2) is 0 Å². The summed E-state index contributed by atoms with van der Waals surface area (Å²) in [6.45, 7) is 4.07. The third-order valence-corrected chi connectivity index (χ3v) is 19.7. The summed E-state index contributed by atoms with van der Waals surface area (Å²) in [5.74, 6) is 3.06. The van der Waals surface area contributed by atoms with Crippen LogP contribution in [0.15, 0.2) is 191 Å². The van der Waals surface area contributed by atoms with Crippen molar-refractivity contribution < 1.29 is 14.3 Å². The van der Waals surface area contributed by atoms with E-state index in [4.69, 9.17) is 9.47 Å². The van der Waals surface area contributed by atoms with Crippen molar-refractivity contribution in [3.63, 3.8) is 0 Å². The molecule has 0 spiro atoms. The Bertz CT molecular complexity index is 3240. The summed E-state index contributed by atoms with van der Waals surface area (Å²) in [5, 5.41) is 9.73. The Kier molecular flexibility index (Phi) is 11.2. The molecule has 3 aromatic heterocycles. The summed E-state index contributed by atoms with van der Waals surface area (Å²) in [6, 6.07) is 58.3. The lowest BCUT2D eigenvalue weighted by molar-refractivity contribution is -0.128. The summed E-state index contributed by atoms with van der Waals surface area (Å²) in [6.07, 6.45) is 1.19. The number of carbonyl (C=O) groups excluding carboxylic acids is 1. The number of thiophene rings is 3. The van der Waals surface area contributed by atoms with Gasteiger partial charge in [0.05, 0.1) is 6.61 Å². The van der Waals surface area contributed by atoms with Crippen LogP contribution in [0.1, 0.15) is 0 Å². The Balaban J connectivity index is 1.03. The minimum absolute atomic E-state index is 0.356. The van der Waals surface area contributed by atoms with Gasteiger partial charge in [0.1, 0.15) is 11.5 Å². The van der Waals surface area contributed by atoms with Crippen LogP contribution in [-0.2, 0) is 4.79 Å². The number of esters is 1. The molecular weight excluding hydrogens is 889 g/mol. The van der Waals surface area contributed by atoms with Crippen molar-refractivity contribution in [1.29, 1.82) is 0 Å². The molecule has 0 radical (unpaired) electrons. The second kappa shape index (κ2) is 17.4. The Morgan fingerprint density at radius 3 is 1.38 bits per heavy atom. The third-order valence-electron chi connectivity index (χ3n) is 11.4. The minimum atomic E-state index is -0.504. The van der Waals surface area contributed by atoms with Gasteiger partial charge >= 0.3 is 5.97 Å². The molecule has 0 N–H and O–H groups in total. The van der Waals surface area contributed by atoms with Crippen molar-refractivity contribution in [1.82, 2.24) is 0 Å². The van der Waals surface area contributed by atoms with Crippen molar-refractivity contribution in [2.45, 2.75) is 14.7 Å². The summed E-state index contributed by atoms with van der Waals surface area (Å²) in [7, 11) is 0. The molecule has 308 valence electrons. The molecule has 0 aliphatic heterocycles. The van der Waals surface area contributed by atoms with Crippen LogP contribution < -0.4 is 9.47 Å². The van der Waals surface area contributed by atoms with E-state index in [1.54, 1.807) is 0 Å². The number of ether oxygens (including phenoxy) is 2. The molecule has 11 aromatic rings. The van der Waals surface area contributed by atoms with Gasteiger partial charge in [0, 0.05) is 115 Å². The number of hydrogen-bond acceptors (Lipinski definition) is 9. The van der Waals surface area contributed by atoms with Gasteiger partial charge in [-0.25, -0.2) is 4.79 Å². The molecule has 0 saturated carbocycles. The number of carbonyl (C=O) groups is 1. The largest absolute Gasteiger partial charge is 0.492 e. The second-order valence-corrected chi connectivity index (χ2v) is 21.8. The monoisotopic (exact) mass is 926 g/mol.